The zero-order valence-electron chi connectivity index (χ0n) is 23.6. The molecule has 0 spiro atoms. The summed E-state index contributed by atoms with van der Waals surface area (Å²) in [5, 5.41) is 20.0. The molecule has 2 aliphatic rings. The highest BCUT2D eigenvalue weighted by Gasteiger charge is 2.37. The minimum absolute atomic E-state index is 0.229. The van der Waals surface area contributed by atoms with Gasteiger partial charge in [-0.25, -0.2) is 6.57 Å². The van der Waals surface area contributed by atoms with Gasteiger partial charge in [-0.2, -0.15) is 0 Å². The number of aliphatic hydroxyl groups is 1. The summed E-state index contributed by atoms with van der Waals surface area (Å²) in [7, 11) is 0. The lowest BCUT2D eigenvalue weighted by atomic mass is 9.97. The number of benzene rings is 3. The van der Waals surface area contributed by atoms with Crippen LogP contribution in [0.3, 0.4) is 0 Å². The molecule has 0 unspecified atom stereocenters. The Morgan fingerprint density at radius 2 is 1.85 bits per heavy atom. The summed E-state index contributed by atoms with van der Waals surface area (Å²) in [5.41, 5.74) is 8.03. The molecule has 214 valence electrons. The van der Waals surface area contributed by atoms with Gasteiger partial charge in [-0.05, 0) is 66.0 Å². The van der Waals surface area contributed by atoms with Crippen molar-refractivity contribution in [3.63, 3.8) is 0 Å². The molecule has 0 radical (unpaired) electrons. The third kappa shape index (κ3) is 6.56. The number of ether oxygens (including phenoxy) is 2. The van der Waals surface area contributed by atoms with E-state index in [1.807, 2.05) is 29.2 Å². The molecule has 1 heterocycles. The van der Waals surface area contributed by atoms with E-state index < -0.39 is 18.1 Å². The molecule has 41 heavy (non-hydrogen) atoms. The lowest BCUT2D eigenvalue weighted by Crippen LogP contribution is -2.35. The Morgan fingerprint density at radius 1 is 1.05 bits per heavy atom. The molecule has 7 nitrogen and oxygen atoms in total. The summed E-state index contributed by atoms with van der Waals surface area (Å²) >= 11 is 0. The zero-order chi connectivity index (χ0) is 28.8. The Morgan fingerprint density at radius 3 is 2.63 bits per heavy atom. The number of likely N-dealkylation sites (tertiary alicyclic amines) is 1. The molecule has 0 saturated carbocycles. The molecule has 0 bridgehead atoms. The number of β-amino-alcohol motifs (C(OH)–C–C–N with tert-alkyl or cyclic N) is 1. The van der Waals surface area contributed by atoms with Crippen molar-refractivity contribution in [2.45, 2.75) is 70.7 Å². The number of unbranched alkanes of at least 4 members (excludes halogenated alkanes) is 1. The van der Waals surface area contributed by atoms with Crippen LogP contribution in [0.25, 0.3) is 16.0 Å². The number of aliphatic hydroxyl groups excluding tert-OH is 1. The monoisotopic (exact) mass is 554 g/mol. The number of hydrogen-bond donors (Lipinski definition) is 2. The Hall–Kier alpha value is -3.86. The summed E-state index contributed by atoms with van der Waals surface area (Å²) < 4.78 is 12.8. The highest BCUT2D eigenvalue weighted by Crippen LogP contribution is 2.41. The number of carbonyl (C=O) groups is 1. The van der Waals surface area contributed by atoms with E-state index in [4.69, 9.17) is 16.0 Å². The van der Waals surface area contributed by atoms with E-state index in [-0.39, 0.29) is 6.42 Å². The molecule has 1 fully saturated rings. The molecule has 0 amide bonds. The first-order valence-corrected chi connectivity index (χ1v) is 14.5. The maximum absolute atomic E-state index is 11.9. The highest BCUT2D eigenvalue weighted by atomic mass is 16.5. The van der Waals surface area contributed by atoms with Crippen molar-refractivity contribution in [3.05, 3.63) is 93.8 Å². The second kappa shape index (κ2) is 13.2. The minimum Gasteiger partial charge on any atom is -0.493 e. The summed E-state index contributed by atoms with van der Waals surface area (Å²) in [4.78, 5) is 17.2. The Bertz CT molecular complexity index is 1410. The van der Waals surface area contributed by atoms with Gasteiger partial charge >= 0.3 is 5.97 Å². The van der Waals surface area contributed by atoms with Gasteiger partial charge in [-0.1, -0.05) is 48.5 Å². The molecule has 7 heteroatoms. The first-order valence-electron chi connectivity index (χ1n) is 14.5. The fourth-order valence-corrected chi connectivity index (χ4v) is 6.14. The van der Waals surface area contributed by atoms with Gasteiger partial charge in [-0.3, -0.25) is 9.69 Å². The minimum atomic E-state index is -0.909. The van der Waals surface area contributed by atoms with Crippen molar-refractivity contribution in [2.75, 3.05) is 19.7 Å². The summed E-state index contributed by atoms with van der Waals surface area (Å²) in [6.45, 7) is 11.3. The normalized spacial score (nSPS) is 18.2. The fourth-order valence-electron chi connectivity index (χ4n) is 6.14. The van der Waals surface area contributed by atoms with Crippen molar-refractivity contribution in [1.29, 1.82) is 0 Å². The number of fused-ring (bicyclic) bond motifs is 1. The van der Waals surface area contributed by atoms with Crippen molar-refractivity contribution in [1.82, 2.24) is 4.90 Å². The lowest BCUT2D eigenvalue weighted by molar-refractivity contribution is -0.142. The van der Waals surface area contributed by atoms with E-state index in [1.165, 1.54) is 27.8 Å². The maximum Gasteiger partial charge on any atom is 0.321 e. The summed E-state index contributed by atoms with van der Waals surface area (Å²) in [6, 6.07) is 17.9. The second-order valence-electron chi connectivity index (χ2n) is 11.0. The highest BCUT2D eigenvalue weighted by molar-refractivity contribution is 5.74. The van der Waals surface area contributed by atoms with Gasteiger partial charge in [0.2, 0.25) is 6.54 Å². The van der Waals surface area contributed by atoms with Gasteiger partial charge < -0.3 is 24.5 Å². The number of carboxylic acid groups (broad SMARTS) is 1. The molecule has 3 aromatic rings. The Balaban J connectivity index is 1.43. The van der Waals surface area contributed by atoms with E-state index in [2.05, 4.69) is 42.1 Å². The molecule has 1 aliphatic heterocycles. The smallest absolute Gasteiger partial charge is 0.321 e. The average Bonchev–Trinajstić information content (AvgIpc) is 3.61. The Kier molecular flexibility index (Phi) is 9.23. The largest absolute Gasteiger partial charge is 0.493 e. The van der Waals surface area contributed by atoms with Gasteiger partial charge in [-0.15, -0.1) is 0 Å². The van der Waals surface area contributed by atoms with Crippen LogP contribution in [0, 0.1) is 13.5 Å². The van der Waals surface area contributed by atoms with Gasteiger partial charge in [0.05, 0.1) is 12.7 Å². The fraction of sp³-hybridized carbons (Fsp3) is 0.412. The predicted molar refractivity (Wildman–Crippen MR) is 158 cm³/mol. The average molecular weight is 555 g/mol. The first kappa shape index (κ1) is 28.7. The van der Waals surface area contributed by atoms with Crippen molar-refractivity contribution in [2.24, 2.45) is 0 Å². The van der Waals surface area contributed by atoms with E-state index >= 15 is 0 Å². The topological polar surface area (TPSA) is 83.6 Å². The van der Waals surface area contributed by atoms with E-state index in [0.717, 1.165) is 49.0 Å². The molecule has 1 aliphatic carbocycles. The third-order valence-electron chi connectivity index (χ3n) is 8.30. The number of rotatable bonds is 12. The van der Waals surface area contributed by atoms with Gasteiger partial charge in [0, 0.05) is 37.6 Å². The number of nitrogens with zero attached hydrogens (tertiary/aromatic N) is 2. The predicted octanol–water partition coefficient (Wildman–Crippen LogP) is 5.83. The van der Waals surface area contributed by atoms with Gasteiger partial charge in [0.25, 0.3) is 0 Å². The van der Waals surface area contributed by atoms with Crippen LogP contribution in [0.15, 0.2) is 54.6 Å². The van der Waals surface area contributed by atoms with Crippen LogP contribution in [-0.4, -0.2) is 52.9 Å². The van der Waals surface area contributed by atoms with E-state index in [9.17, 15) is 15.0 Å². The summed E-state index contributed by atoms with van der Waals surface area (Å²) in [5.74, 6) is 0.620. The molecule has 2 atom stereocenters. The maximum atomic E-state index is 11.9. The van der Waals surface area contributed by atoms with Crippen LogP contribution in [-0.2, 0) is 30.8 Å². The van der Waals surface area contributed by atoms with Crippen molar-refractivity contribution < 1.29 is 24.5 Å². The number of carboxylic acids is 1. The van der Waals surface area contributed by atoms with Crippen LogP contribution >= 0.6 is 0 Å². The quantitative estimate of drug-likeness (QED) is 0.217. The van der Waals surface area contributed by atoms with E-state index in [0.29, 0.717) is 38.6 Å². The molecule has 2 N–H and O–H groups in total. The summed E-state index contributed by atoms with van der Waals surface area (Å²) in [6.07, 6.45) is 3.89. The Labute approximate surface area is 242 Å². The standard InChI is InChI=1S/C34H38N2O5/c1-23-25(12-8-13-27(23)24-10-4-3-5-11-24)22-41-32-19-33(40-17-7-6-16-35-2)30(28-14-9-15-29(28)32)21-36-20-26(37)18-31(36)34(38)39/h3-5,8,10-13,19,26,31,37H,6-7,9,14-18,20-22H2,1H3,(H,38,39)/t26-,31+/m1/s1. The zero-order valence-corrected chi connectivity index (χ0v) is 23.6. The van der Waals surface area contributed by atoms with Crippen LogP contribution in [0.2, 0.25) is 0 Å². The third-order valence-corrected chi connectivity index (χ3v) is 8.30. The van der Waals surface area contributed by atoms with Crippen molar-refractivity contribution in [3.8, 4) is 22.6 Å². The van der Waals surface area contributed by atoms with Crippen LogP contribution in [0.5, 0.6) is 11.5 Å². The molecule has 1 saturated heterocycles. The molecular weight excluding hydrogens is 516 g/mol. The van der Waals surface area contributed by atoms with Crippen LogP contribution in [0.4, 0.5) is 0 Å². The van der Waals surface area contributed by atoms with Gasteiger partial charge in [0.15, 0.2) is 0 Å². The molecular formula is C34H38N2O5. The van der Waals surface area contributed by atoms with Gasteiger partial charge in [0.1, 0.15) is 24.1 Å². The number of hydrogen-bond acceptors (Lipinski definition) is 5. The molecule has 3 aromatic carbocycles. The molecule has 0 aromatic heterocycles. The molecule has 5 rings (SSSR count). The van der Waals surface area contributed by atoms with E-state index in [1.54, 1.807) is 0 Å². The lowest BCUT2D eigenvalue weighted by Gasteiger charge is -2.25. The second-order valence-corrected chi connectivity index (χ2v) is 11.0. The van der Waals surface area contributed by atoms with Crippen molar-refractivity contribution >= 4 is 5.97 Å². The SMILES string of the molecule is [C-]#[N+]CCCCOc1cc(OCc2cccc(-c3ccccc3)c2C)c2c(c1CN1C[C@H](O)C[C@H]1C(=O)O)CCC2. The van der Waals surface area contributed by atoms with Crippen LogP contribution < -0.4 is 9.47 Å². The number of aliphatic carboxylic acids is 1. The first-order chi connectivity index (χ1) is 20.0. The van der Waals surface area contributed by atoms with Crippen LogP contribution in [0.1, 0.15) is 53.5 Å².